The zero-order valence-electron chi connectivity index (χ0n) is 16.4. The van der Waals surface area contributed by atoms with Crippen molar-refractivity contribution in [3.05, 3.63) is 81.5 Å². The molecule has 3 rings (SSSR count). The van der Waals surface area contributed by atoms with Crippen LogP contribution in [0.3, 0.4) is 0 Å². The summed E-state index contributed by atoms with van der Waals surface area (Å²) in [6.45, 7) is 0. The maximum absolute atomic E-state index is 14.1. The molecule has 1 N–H and O–H groups in total. The second kappa shape index (κ2) is 10.8. The van der Waals surface area contributed by atoms with Gasteiger partial charge in [-0.05, 0) is 104 Å². The lowest BCUT2D eigenvalue weighted by Gasteiger charge is -2.11. The van der Waals surface area contributed by atoms with E-state index >= 15 is 0 Å². The predicted molar refractivity (Wildman–Crippen MR) is 137 cm³/mol. The Morgan fingerprint density at radius 3 is 1.86 bits per heavy atom. The second-order valence-electron chi connectivity index (χ2n) is 6.44. The second-order valence-corrected chi connectivity index (χ2v) is 11.3. The highest BCUT2D eigenvalue weighted by molar-refractivity contribution is 14.1. The summed E-state index contributed by atoms with van der Waals surface area (Å²) in [6, 6.07) is 7.89. The molecule has 7 nitrogen and oxygen atoms in total. The normalized spacial score (nSPS) is 11.3. The zero-order valence-corrected chi connectivity index (χ0v) is 23.7. The monoisotopic (exact) mass is 848 g/mol. The van der Waals surface area contributed by atoms with Gasteiger partial charge in [0, 0.05) is 10.7 Å². The molecular weight excluding hydrogens is 841 g/mol. The maximum atomic E-state index is 14.1. The van der Waals surface area contributed by atoms with Crippen LogP contribution in [0, 0.1) is 34.0 Å². The predicted octanol–water partition coefficient (Wildman–Crippen LogP) is 5.74. The third kappa shape index (κ3) is 6.05. The van der Waals surface area contributed by atoms with Gasteiger partial charge in [0.2, 0.25) is 17.4 Å². The Labute approximate surface area is 235 Å². The number of rotatable bonds is 5. The highest BCUT2D eigenvalue weighted by atomic mass is 127. The molecule has 0 saturated heterocycles. The number of hydrogen-bond donors (Lipinski definition) is 1. The van der Waals surface area contributed by atoms with Crippen LogP contribution in [0.4, 0.5) is 17.6 Å². The lowest BCUT2D eigenvalue weighted by molar-refractivity contribution is 0.0715. The average Bonchev–Trinajstić information content (AvgIpc) is 2.77. The van der Waals surface area contributed by atoms with Crippen molar-refractivity contribution < 1.29 is 49.6 Å². The van der Waals surface area contributed by atoms with E-state index in [1.54, 1.807) is 6.07 Å². The van der Waals surface area contributed by atoms with Crippen molar-refractivity contribution in [2.24, 2.45) is 0 Å². The first-order valence-electron chi connectivity index (χ1n) is 8.74. The van der Waals surface area contributed by atoms with Crippen LogP contribution in [-0.4, -0.2) is 24.9 Å². The molecule has 0 spiro atoms. The van der Waals surface area contributed by atoms with Crippen molar-refractivity contribution in [2.75, 3.05) is 0 Å². The molecule has 0 aliphatic carbocycles. The van der Waals surface area contributed by atoms with Gasteiger partial charge in [-0.3, -0.25) is 4.55 Å². The van der Waals surface area contributed by atoms with Crippen LogP contribution in [0.1, 0.15) is 20.7 Å². The van der Waals surface area contributed by atoms with Crippen molar-refractivity contribution in [1.82, 2.24) is 0 Å². The summed E-state index contributed by atoms with van der Waals surface area (Å²) in [5, 5.41) is 0. The summed E-state index contributed by atoms with van der Waals surface area (Å²) in [7, 11) is -5.66. The molecule has 0 aliphatic rings. The van der Waals surface area contributed by atoms with E-state index in [4.69, 9.17) is 9.29 Å². The van der Waals surface area contributed by atoms with Crippen molar-refractivity contribution >= 4 is 89.8 Å². The Kier molecular flexibility index (Phi) is 8.65. The standard InChI is InChI=1S/C20H7F4I3O7S/c21-12-14(23)18(35(30,31)32)15(24)13(22)17(12)34-19(28)7-1-3-9(4-2-7)33-20(29)10-5-8(25)6-11(26)16(10)27/h1-6H,(H,30,31,32). The molecule has 0 fully saturated rings. The highest BCUT2D eigenvalue weighted by Gasteiger charge is 2.34. The largest absolute Gasteiger partial charge is 0.423 e. The topological polar surface area (TPSA) is 107 Å². The molecule has 0 saturated carbocycles. The van der Waals surface area contributed by atoms with Gasteiger partial charge in [-0.1, -0.05) is 0 Å². The van der Waals surface area contributed by atoms with E-state index in [-0.39, 0.29) is 11.3 Å². The van der Waals surface area contributed by atoms with E-state index in [0.29, 0.717) is 9.13 Å². The molecule has 0 atom stereocenters. The van der Waals surface area contributed by atoms with Gasteiger partial charge in [0.25, 0.3) is 0 Å². The van der Waals surface area contributed by atoms with E-state index in [1.807, 2.05) is 51.2 Å². The van der Waals surface area contributed by atoms with E-state index in [9.17, 15) is 35.6 Å². The zero-order chi connectivity index (χ0) is 26.2. The van der Waals surface area contributed by atoms with Crippen LogP contribution in [0.25, 0.3) is 0 Å². The SMILES string of the molecule is O=C(Oc1c(F)c(F)c(S(=O)(=O)O)c(F)c1F)c1ccc(OC(=O)c2cc(I)cc(I)c2I)cc1. The first-order chi connectivity index (χ1) is 16.2. The molecule has 15 heteroatoms. The van der Waals surface area contributed by atoms with Crippen LogP contribution in [0.5, 0.6) is 11.5 Å². The molecule has 35 heavy (non-hydrogen) atoms. The van der Waals surface area contributed by atoms with Crippen molar-refractivity contribution in [3.8, 4) is 11.5 Å². The molecule has 0 bridgehead atoms. The van der Waals surface area contributed by atoms with Gasteiger partial charge in [0.1, 0.15) is 5.75 Å². The first-order valence-corrected chi connectivity index (χ1v) is 13.4. The van der Waals surface area contributed by atoms with Gasteiger partial charge in [-0.25, -0.2) is 18.4 Å². The fourth-order valence-electron chi connectivity index (χ4n) is 2.58. The smallest absolute Gasteiger partial charge is 0.344 e. The number of ether oxygens (including phenoxy) is 2. The molecule has 0 amide bonds. The summed E-state index contributed by atoms with van der Waals surface area (Å²) >= 11 is 6.08. The van der Waals surface area contributed by atoms with Gasteiger partial charge < -0.3 is 9.47 Å². The van der Waals surface area contributed by atoms with Crippen molar-refractivity contribution in [1.29, 1.82) is 0 Å². The minimum Gasteiger partial charge on any atom is -0.423 e. The van der Waals surface area contributed by atoms with Crippen LogP contribution in [-0.2, 0) is 10.1 Å². The minimum atomic E-state index is -5.66. The number of benzene rings is 3. The Hall–Kier alpha value is -1.58. The number of hydrogen-bond acceptors (Lipinski definition) is 6. The molecule has 184 valence electrons. The van der Waals surface area contributed by atoms with Crippen LogP contribution in [0.15, 0.2) is 41.3 Å². The Morgan fingerprint density at radius 1 is 0.800 bits per heavy atom. The van der Waals surface area contributed by atoms with Crippen LogP contribution >= 0.6 is 67.8 Å². The number of carbonyl (C=O) groups excluding carboxylic acids is 2. The fraction of sp³-hybridized carbons (Fsp3) is 0. The van der Waals surface area contributed by atoms with Crippen molar-refractivity contribution in [3.63, 3.8) is 0 Å². The maximum Gasteiger partial charge on any atom is 0.344 e. The van der Waals surface area contributed by atoms with Gasteiger partial charge in [-0.2, -0.15) is 17.2 Å². The van der Waals surface area contributed by atoms with E-state index in [2.05, 4.69) is 27.3 Å². The number of halogens is 7. The van der Waals surface area contributed by atoms with Gasteiger partial charge in [0.05, 0.1) is 11.1 Å². The number of carbonyl (C=O) groups is 2. The summed E-state index contributed by atoms with van der Waals surface area (Å²) < 4.78 is 98.6. The summed E-state index contributed by atoms with van der Waals surface area (Å²) in [6.07, 6.45) is 0. The third-order valence-corrected chi connectivity index (χ3v) is 8.69. The fourth-order valence-corrected chi connectivity index (χ4v) is 5.59. The summed E-state index contributed by atoms with van der Waals surface area (Å²) in [4.78, 5) is 22.4. The van der Waals surface area contributed by atoms with Gasteiger partial charge >= 0.3 is 22.1 Å². The third-order valence-electron chi connectivity index (χ3n) is 4.15. The first kappa shape index (κ1) is 28.0. The lowest BCUT2D eigenvalue weighted by Crippen LogP contribution is -2.16. The molecule has 0 heterocycles. The molecule has 3 aromatic rings. The lowest BCUT2D eigenvalue weighted by atomic mass is 10.2. The molecule has 0 unspecified atom stereocenters. The van der Waals surface area contributed by atoms with Crippen molar-refractivity contribution in [2.45, 2.75) is 4.90 Å². The van der Waals surface area contributed by atoms with E-state index in [0.717, 1.165) is 31.4 Å². The van der Waals surface area contributed by atoms with Crippen LogP contribution < -0.4 is 9.47 Å². The average molecular weight is 848 g/mol. The molecule has 0 aliphatic heterocycles. The Morgan fingerprint density at radius 2 is 1.34 bits per heavy atom. The summed E-state index contributed by atoms with van der Waals surface area (Å²) in [5.74, 6) is -13.7. The molecule has 0 aromatic heterocycles. The Balaban J connectivity index is 1.83. The number of esters is 2. The van der Waals surface area contributed by atoms with Gasteiger partial charge in [0.15, 0.2) is 16.5 Å². The molecule has 0 radical (unpaired) electrons. The van der Waals surface area contributed by atoms with E-state index < -0.39 is 56.0 Å². The molecular formula is C20H7F4I3O7S. The molecule has 3 aromatic carbocycles. The quantitative estimate of drug-likeness (QED) is 0.0873. The minimum absolute atomic E-state index is 0.00294. The van der Waals surface area contributed by atoms with E-state index in [1.165, 1.54) is 0 Å². The highest BCUT2D eigenvalue weighted by Crippen LogP contribution is 2.33. The Bertz CT molecular complexity index is 1450. The van der Waals surface area contributed by atoms with Gasteiger partial charge in [-0.15, -0.1) is 0 Å². The van der Waals surface area contributed by atoms with Crippen LogP contribution in [0.2, 0.25) is 0 Å². The summed E-state index contributed by atoms with van der Waals surface area (Å²) in [5.41, 5.74) is -0.0598.